The van der Waals surface area contributed by atoms with Crippen molar-refractivity contribution in [1.29, 1.82) is 0 Å². The van der Waals surface area contributed by atoms with Crippen LogP contribution >= 0.6 is 0 Å². The normalized spacial score (nSPS) is 15.1. The molecule has 0 aromatic heterocycles. The van der Waals surface area contributed by atoms with Crippen LogP contribution in [0.3, 0.4) is 0 Å². The molecule has 2 rings (SSSR count). The standard InChI is InChI=1S/C25H18F18O6S2/c1-3-17(4-2,13-5-9-15(10-6-13)48-50(44,45)24(40,41)20(30,31)18(26,27)22(34,35)36)14-7-11-16(12-8-14)49-51(46,47)25(42,43)21(32,33)19(28,29)23(37,38)39/h5-12H,3-4H2,1-2H3. The highest BCUT2D eigenvalue weighted by Crippen LogP contribution is 2.56. The monoisotopic (exact) mass is 820 g/mol. The van der Waals surface area contributed by atoms with Crippen LogP contribution in [0.4, 0.5) is 79.0 Å². The summed E-state index contributed by atoms with van der Waals surface area (Å²) in [7, 11) is -14.6. The molecule has 0 amide bonds. The van der Waals surface area contributed by atoms with Crippen molar-refractivity contribution in [1.82, 2.24) is 0 Å². The van der Waals surface area contributed by atoms with Crippen LogP contribution in [0, 0.1) is 0 Å². The molecule has 0 bridgehead atoms. The van der Waals surface area contributed by atoms with E-state index in [0.717, 1.165) is 24.3 Å². The number of hydrogen-bond acceptors (Lipinski definition) is 6. The second-order valence-corrected chi connectivity index (χ2v) is 13.4. The van der Waals surface area contributed by atoms with Crippen molar-refractivity contribution < 1.29 is 104 Å². The molecule has 0 heterocycles. The van der Waals surface area contributed by atoms with Gasteiger partial charge in [0.05, 0.1) is 0 Å². The van der Waals surface area contributed by atoms with Crippen molar-refractivity contribution in [2.75, 3.05) is 0 Å². The summed E-state index contributed by atoms with van der Waals surface area (Å²) in [4.78, 5) is 0. The Morgan fingerprint density at radius 3 is 0.863 bits per heavy atom. The Bertz CT molecular complexity index is 1640. The van der Waals surface area contributed by atoms with Crippen LogP contribution in [-0.2, 0) is 25.7 Å². The first-order valence-corrected chi connectivity index (χ1v) is 15.8. The lowest BCUT2D eigenvalue weighted by atomic mass is 9.70. The molecule has 0 atom stereocenters. The van der Waals surface area contributed by atoms with E-state index in [1.54, 1.807) is 0 Å². The Balaban J connectivity index is 2.45. The first kappa shape index (κ1) is 43.8. The third-order valence-electron chi connectivity index (χ3n) is 7.29. The van der Waals surface area contributed by atoms with Crippen LogP contribution in [0.25, 0.3) is 0 Å². The molecule has 0 N–H and O–H groups in total. The molecule has 2 aromatic carbocycles. The van der Waals surface area contributed by atoms with Gasteiger partial charge in [0.2, 0.25) is 0 Å². The molecule has 292 valence electrons. The predicted octanol–water partition coefficient (Wildman–Crippen LogP) is 9.06. The van der Waals surface area contributed by atoms with Gasteiger partial charge in [-0.2, -0.15) is 95.9 Å². The van der Waals surface area contributed by atoms with Gasteiger partial charge in [-0.25, -0.2) is 0 Å². The lowest BCUT2D eigenvalue weighted by Gasteiger charge is -2.34. The van der Waals surface area contributed by atoms with Crippen LogP contribution in [0.2, 0.25) is 0 Å². The quantitative estimate of drug-likeness (QED) is 0.140. The Morgan fingerprint density at radius 2 is 0.667 bits per heavy atom. The fraction of sp³-hybridized carbons (Fsp3) is 0.520. The molecule has 0 aliphatic carbocycles. The van der Waals surface area contributed by atoms with Crippen LogP contribution in [0.5, 0.6) is 11.5 Å². The molecule has 0 aliphatic rings. The SMILES string of the molecule is CCC(CC)(c1ccc(OS(=O)(=O)C(F)(F)C(F)(F)C(F)(F)C(F)(F)F)cc1)c1ccc(OS(=O)(=O)C(F)(F)C(F)(F)C(F)(F)C(F)(F)F)cc1. The van der Waals surface area contributed by atoms with Gasteiger partial charge in [0.15, 0.2) is 0 Å². The molecule has 0 spiro atoms. The minimum atomic E-state index is -7.59. The number of alkyl halides is 18. The first-order chi connectivity index (χ1) is 22.5. The summed E-state index contributed by atoms with van der Waals surface area (Å²) in [6.07, 6.45) is -14.8. The molecule has 0 aliphatic heterocycles. The maximum Gasteiger partial charge on any atom is 0.460 e. The van der Waals surface area contributed by atoms with E-state index in [-0.39, 0.29) is 24.0 Å². The minimum Gasteiger partial charge on any atom is -0.378 e. The van der Waals surface area contributed by atoms with Crippen molar-refractivity contribution in [3.05, 3.63) is 59.7 Å². The predicted molar refractivity (Wildman–Crippen MR) is 135 cm³/mol. The highest BCUT2D eigenvalue weighted by molar-refractivity contribution is 7.88. The molecular formula is C25H18F18O6S2. The fourth-order valence-corrected chi connectivity index (χ4v) is 6.11. The molecule has 0 fully saturated rings. The van der Waals surface area contributed by atoms with E-state index < -0.39 is 83.7 Å². The van der Waals surface area contributed by atoms with Crippen molar-refractivity contribution in [3.8, 4) is 11.5 Å². The van der Waals surface area contributed by atoms with Crippen LogP contribution in [-0.4, -0.2) is 63.4 Å². The van der Waals surface area contributed by atoms with E-state index in [1.165, 1.54) is 13.8 Å². The smallest absolute Gasteiger partial charge is 0.378 e. The van der Waals surface area contributed by atoms with Crippen molar-refractivity contribution in [3.63, 3.8) is 0 Å². The van der Waals surface area contributed by atoms with Crippen molar-refractivity contribution in [2.24, 2.45) is 0 Å². The van der Waals surface area contributed by atoms with Gasteiger partial charge in [-0.1, -0.05) is 38.1 Å². The van der Waals surface area contributed by atoms with E-state index >= 15 is 0 Å². The van der Waals surface area contributed by atoms with Gasteiger partial charge in [0.25, 0.3) is 0 Å². The molecule has 2 aromatic rings. The third-order valence-corrected chi connectivity index (χ3v) is 9.88. The fourth-order valence-electron chi connectivity index (χ4n) is 4.29. The van der Waals surface area contributed by atoms with Gasteiger partial charge in [0, 0.05) is 5.41 Å². The highest BCUT2D eigenvalue weighted by Gasteiger charge is 2.87. The summed E-state index contributed by atoms with van der Waals surface area (Å²) in [6, 6.07) is 5.12. The molecule has 0 unspecified atom stereocenters. The zero-order valence-corrected chi connectivity index (χ0v) is 26.2. The zero-order chi connectivity index (χ0) is 40.3. The molecule has 51 heavy (non-hydrogen) atoms. The lowest BCUT2D eigenvalue weighted by Crippen LogP contribution is -2.63. The average molecular weight is 821 g/mol. The van der Waals surface area contributed by atoms with Gasteiger partial charge in [-0.3, -0.25) is 0 Å². The summed E-state index contributed by atoms with van der Waals surface area (Å²) in [5.74, 6) is -33.0. The Kier molecular flexibility index (Phi) is 11.1. The Hall–Kier alpha value is -3.32. The van der Waals surface area contributed by atoms with E-state index in [4.69, 9.17) is 0 Å². The van der Waals surface area contributed by atoms with Gasteiger partial charge in [-0.15, -0.1) is 0 Å². The van der Waals surface area contributed by atoms with E-state index in [0.29, 0.717) is 24.3 Å². The van der Waals surface area contributed by atoms with Crippen molar-refractivity contribution in [2.45, 2.75) is 78.7 Å². The van der Waals surface area contributed by atoms with Gasteiger partial charge in [-0.05, 0) is 48.2 Å². The third kappa shape index (κ3) is 6.84. The number of halogens is 18. The molecular weight excluding hydrogens is 802 g/mol. The van der Waals surface area contributed by atoms with E-state index in [2.05, 4.69) is 8.37 Å². The average Bonchev–Trinajstić information content (AvgIpc) is 2.97. The maximum absolute atomic E-state index is 14.0. The maximum atomic E-state index is 14.0. The first-order valence-electron chi connectivity index (χ1n) is 13.0. The Morgan fingerprint density at radius 1 is 0.431 bits per heavy atom. The summed E-state index contributed by atoms with van der Waals surface area (Å²) in [5, 5.41) is -14.4. The summed E-state index contributed by atoms with van der Waals surface area (Å²) in [5.41, 5.74) is -1.38. The van der Waals surface area contributed by atoms with Gasteiger partial charge < -0.3 is 8.37 Å². The largest absolute Gasteiger partial charge is 0.460 e. The van der Waals surface area contributed by atoms with E-state index in [9.17, 15) is 95.9 Å². The van der Waals surface area contributed by atoms with Crippen LogP contribution in [0.15, 0.2) is 48.5 Å². The zero-order valence-electron chi connectivity index (χ0n) is 24.6. The molecule has 0 saturated heterocycles. The highest BCUT2D eigenvalue weighted by atomic mass is 32.2. The van der Waals surface area contributed by atoms with Crippen LogP contribution in [0.1, 0.15) is 37.8 Å². The molecule has 0 saturated carbocycles. The van der Waals surface area contributed by atoms with Crippen LogP contribution < -0.4 is 8.37 Å². The number of hydrogen-bond donors (Lipinski definition) is 0. The summed E-state index contributed by atoms with van der Waals surface area (Å²) < 4.78 is 292. The van der Waals surface area contributed by atoms with Crippen molar-refractivity contribution >= 4 is 20.2 Å². The van der Waals surface area contributed by atoms with E-state index in [1.807, 2.05) is 0 Å². The Labute approximate surface area is 274 Å². The molecule has 26 heteroatoms. The van der Waals surface area contributed by atoms with Gasteiger partial charge in [0.1, 0.15) is 11.5 Å². The topological polar surface area (TPSA) is 86.7 Å². The number of benzene rings is 2. The second kappa shape index (κ2) is 13.0. The lowest BCUT2D eigenvalue weighted by molar-refractivity contribution is -0.382. The minimum absolute atomic E-state index is 0.000194. The number of rotatable bonds is 14. The second-order valence-electron chi connectivity index (χ2n) is 10.2. The van der Waals surface area contributed by atoms with Gasteiger partial charge >= 0.3 is 66.8 Å². The summed E-state index contributed by atoms with van der Waals surface area (Å²) >= 11 is 0. The summed E-state index contributed by atoms with van der Waals surface area (Å²) in [6.45, 7) is 2.86. The molecule has 6 nitrogen and oxygen atoms in total. The molecule has 0 radical (unpaired) electrons.